The fourth-order valence-electron chi connectivity index (χ4n) is 5.67. The molecular formula is C29H34N6O2. The molecule has 3 aromatic heterocycles. The number of hydrogen-bond acceptors (Lipinski definition) is 5. The van der Waals surface area contributed by atoms with Crippen LogP contribution in [0.15, 0.2) is 42.6 Å². The maximum absolute atomic E-state index is 12.8. The normalized spacial score (nSPS) is 17.9. The van der Waals surface area contributed by atoms with Gasteiger partial charge in [-0.2, -0.15) is 0 Å². The van der Waals surface area contributed by atoms with Crippen molar-refractivity contribution >= 4 is 34.1 Å². The van der Waals surface area contributed by atoms with Gasteiger partial charge < -0.3 is 19.2 Å². The average molecular weight is 499 g/mol. The van der Waals surface area contributed by atoms with E-state index in [-0.39, 0.29) is 5.91 Å². The van der Waals surface area contributed by atoms with Crippen molar-refractivity contribution in [2.75, 3.05) is 39.4 Å². The van der Waals surface area contributed by atoms with E-state index in [1.807, 2.05) is 30.2 Å². The number of ether oxygens (including phenoxy) is 1. The van der Waals surface area contributed by atoms with Crippen LogP contribution < -0.4 is 0 Å². The number of likely N-dealkylation sites (tertiary alicyclic amines) is 1. The van der Waals surface area contributed by atoms with E-state index in [0.717, 1.165) is 91.4 Å². The highest BCUT2D eigenvalue weighted by Gasteiger charge is 2.27. The number of carbonyl (C=O) groups is 1. The van der Waals surface area contributed by atoms with Gasteiger partial charge in [0.25, 0.3) is 0 Å². The highest BCUT2D eigenvalue weighted by molar-refractivity contribution is 5.93. The molecule has 4 aromatic rings. The molecule has 37 heavy (non-hydrogen) atoms. The van der Waals surface area contributed by atoms with E-state index in [1.54, 1.807) is 6.08 Å². The lowest BCUT2D eigenvalue weighted by molar-refractivity contribution is -0.127. The number of pyridine rings is 1. The number of H-pyrrole nitrogens is 1. The number of hydrogen-bond donors (Lipinski definition) is 1. The Hall–Kier alpha value is -3.49. The third-order valence-electron chi connectivity index (χ3n) is 7.82. The number of carbonyl (C=O) groups excluding carboxylic acids is 1. The molecule has 0 bridgehead atoms. The van der Waals surface area contributed by atoms with E-state index in [4.69, 9.17) is 9.72 Å². The van der Waals surface area contributed by atoms with Crippen LogP contribution >= 0.6 is 0 Å². The van der Waals surface area contributed by atoms with E-state index < -0.39 is 0 Å². The Bertz CT molecular complexity index is 1450. The molecule has 1 amide bonds. The number of aryl methyl sites for hydroxylation is 2. The van der Waals surface area contributed by atoms with Crippen molar-refractivity contribution in [2.24, 2.45) is 0 Å². The van der Waals surface area contributed by atoms with Crippen LogP contribution in [0.5, 0.6) is 0 Å². The van der Waals surface area contributed by atoms with Gasteiger partial charge in [-0.05, 0) is 68.2 Å². The van der Waals surface area contributed by atoms with Crippen molar-refractivity contribution in [1.29, 1.82) is 0 Å². The van der Waals surface area contributed by atoms with Crippen LogP contribution in [0.3, 0.4) is 0 Å². The summed E-state index contributed by atoms with van der Waals surface area (Å²) in [4.78, 5) is 30.1. The van der Waals surface area contributed by atoms with Gasteiger partial charge in [0.15, 0.2) is 5.65 Å². The number of nitrogens with one attached hydrogen (secondary N) is 1. The van der Waals surface area contributed by atoms with Gasteiger partial charge in [0.05, 0.1) is 19.8 Å². The summed E-state index contributed by atoms with van der Waals surface area (Å²) in [6.07, 6.45) is 7.52. The Labute approximate surface area is 216 Å². The zero-order valence-corrected chi connectivity index (χ0v) is 21.6. The predicted molar refractivity (Wildman–Crippen MR) is 145 cm³/mol. The molecule has 8 nitrogen and oxygen atoms in total. The summed E-state index contributed by atoms with van der Waals surface area (Å²) in [6.45, 7) is 10.1. The first kappa shape index (κ1) is 23.9. The van der Waals surface area contributed by atoms with Gasteiger partial charge >= 0.3 is 0 Å². The number of imidazole rings is 1. The summed E-state index contributed by atoms with van der Waals surface area (Å²) < 4.78 is 7.64. The lowest BCUT2D eigenvalue weighted by Crippen LogP contribution is -2.49. The zero-order valence-electron chi connectivity index (χ0n) is 21.6. The quantitative estimate of drug-likeness (QED) is 0.422. The Balaban J connectivity index is 1.11. The molecule has 192 valence electrons. The first-order chi connectivity index (χ1) is 18.0. The molecule has 0 atom stereocenters. The van der Waals surface area contributed by atoms with Crippen molar-refractivity contribution in [3.05, 3.63) is 65.2 Å². The molecule has 6 rings (SSSR count). The van der Waals surface area contributed by atoms with Crippen LogP contribution in [0, 0.1) is 13.8 Å². The second-order valence-electron chi connectivity index (χ2n) is 10.2. The topological polar surface area (TPSA) is 79.3 Å². The molecule has 0 spiro atoms. The minimum atomic E-state index is 0.0880. The largest absolute Gasteiger partial charge is 0.379 e. The molecule has 0 radical (unpaired) electrons. The fraction of sp³-hybridized carbons (Fsp3) is 0.414. The molecule has 8 heteroatoms. The number of morpholine rings is 1. The summed E-state index contributed by atoms with van der Waals surface area (Å²) >= 11 is 0. The summed E-state index contributed by atoms with van der Waals surface area (Å²) in [5.74, 6) is 1.05. The zero-order chi connectivity index (χ0) is 25.4. The van der Waals surface area contributed by atoms with E-state index in [1.165, 1.54) is 5.56 Å². The first-order valence-electron chi connectivity index (χ1n) is 13.2. The van der Waals surface area contributed by atoms with Gasteiger partial charge in [0, 0.05) is 61.1 Å². The Kier molecular flexibility index (Phi) is 6.52. The van der Waals surface area contributed by atoms with Gasteiger partial charge in [0.1, 0.15) is 11.3 Å². The molecule has 2 saturated heterocycles. The van der Waals surface area contributed by atoms with E-state index >= 15 is 0 Å². The van der Waals surface area contributed by atoms with E-state index in [0.29, 0.717) is 12.6 Å². The van der Waals surface area contributed by atoms with Crippen molar-refractivity contribution < 1.29 is 9.53 Å². The van der Waals surface area contributed by atoms with Crippen LogP contribution in [-0.2, 0) is 16.1 Å². The van der Waals surface area contributed by atoms with Crippen molar-refractivity contribution in [3.63, 3.8) is 0 Å². The number of amides is 1. The molecule has 0 aliphatic carbocycles. The molecule has 5 heterocycles. The molecule has 2 fully saturated rings. The fourth-order valence-corrected chi connectivity index (χ4v) is 5.67. The summed E-state index contributed by atoms with van der Waals surface area (Å²) in [6, 6.07) is 11.1. The average Bonchev–Trinajstić information content (AvgIpc) is 3.48. The molecular weight excluding hydrogens is 464 g/mol. The van der Waals surface area contributed by atoms with Crippen LogP contribution in [0.4, 0.5) is 0 Å². The maximum Gasteiger partial charge on any atom is 0.246 e. The van der Waals surface area contributed by atoms with Crippen LogP contribution in [0.1, 0.15) is 35.5 Å². The standard InChI is InChI=1S/C29H34N6O2/c1-20-7-10-30-29-28(20)31-21(2)35(29)19-22-3-5-26-23(17-22)18-24(32-26)4-6-27(36)34-11-8-25(9-12-34)33-13-15-37-16-14-33/h3-7,10,17-18,25,32H,8-9,11-16,19H2,1-2H3/b6-4+. The first-order valence-corrected chi connectivity index (χ1v) is 13.2. The summed E-state index contributed by atoms with van der Waals surface area (Å²) in [5.41, 5.74) is 6.20. The number of rotatable bonds is 5. The van der Waals surface area contributed by atoms with Gasteiger partial charge in [0.2, 0.25) is 5.91 Å². The number of piperidine rings is 1. The van der Waals surface area contributed by atoms with Gasteiger partial charge in [-0.3, -0.25) is 9.69 Å². The summed E-state index contributed by atoms with van der Waals surface area (Å²) in [7, 11) is 0. The van der Waals surface area contributed by atoms with Crippen molar-refractivity contribution in [2.45, 2.75) is 39.3 Å². The van der Waals surface area contributed by atoms with Crippen LogP contribution in [0.2, 0.25) is 0 Å². The number of aromatic nitrogens is 4. The SMILES string of the molecule is Cc1ccnc2c1nc(C)n2Cc1ccc2[nH]c(/C=C/C(=O)N3CCC(N4CCOCC4)CC3)cc2c1. The second-order valence-corrected chi connectivity index (χ2v) is 10.2. The molecule has 0 saturated carbocycles. The minimum absolute atomic E-state index is 0.0880. The highest BCUT2D eigenvalue weighted by Crippen LogP contribution is 2.23. The Morgan fingerprint density at radius 2 is 1.92 bits per heavy atom. The second kappa shape index (κ2) is 10.1. The highest BCUT2D eigenvalue weighted by atomic mass is 16.5. The van der Waals surface area contributed by atoms with E-state index in [2.05, 4.69) is 50.6 Å². The number of nitrogens with zero attached hydrogens (tertiary/aromatic N) is 5. The Morgan fingerprint density at radius 3 is 2.73 bits per heavy atom. The summed E-state index contributed by atoms with van der Waals surface area (Å²) in [5, 5.41) is 1.13. The number of aromatic amines is 1. The van der Waals surface area contributed by atoms with Crippen LogP contribution in [-0.4, -0.2) is 80.7 Å². The van der Waals surface area contributed by atoms with Gasteiger partial charge in [-0.25, -0.2) is 9.97 Å². The minimum Gasteiger partial charge on any atom is -0.379 e. The molecule has 1 aromatic carbocycles. The maximum atomic E-state index is 12.8. The number of fused-ring (bicyclic) bond motifs is 2. The van der Waals surface area contributed by atoms with Crippen molar-refractivity contribution in [3.8, 4) is 0 Å². The van der Waals surface area contributed by atoms with E-state index in [9.17, 15) is 4.79 Å². The third-order valence-corrected chi connectivity index (χ3v) is 7.82. The third kappa shape index (κ3) is 4.91. The lowest BCUT2D eigenvalue weighted by Gasteiger charge is -2.39. The molecule has 1 N–H and O–H groups in total. The molecule has 0 unspecified atom stereocenters. The number of benzene rings is 1. The molecule has 2 aliphatic heterocycles. The van der Waals surface area contributed by atoms with Crippen LogP contribution in [0.25, 0.3) is 28.1 Å². The smallest absolute Gasteiger partial charge is 0.246 e. The Morgan fingerprint density at radius 1 is 1.11 bits per heavy atom. The molecule has 2 aliphatic rings. The monoisotopic (exact) mass is 498 g/mol. The predicted octanol–water partition coefficient (Wildman–Crippen LogP) is 3.91. The lowest BCUT2D eigenvalue weighted by atomic mass is 10.0. The van der Waals surface area contributed by atoms with Gasteiger partial charge in [-0.15, -0.1) is 0 Å². The van der Waals surface area contributed by atoms with Crippen molar-refractivity contribution in [1.82, 2.24) is 29.3 Å². The van der Waals surface area contributed by atoms with Gasteiger partial charge in [-0.1, -0.05) is 6.07 Å².